The van der Waals surface area contributed by atoms with Crippen LogP contribution in [0.2, 0.25) is 0 Å². The van der Waals surface area contributed by atoms with Gasteiger partial charge in [0, 0.05) is 24.5 Å². The Labute approximate surface area is 157 Å². The number of anilines is 1. The largest absolute Gasteiger partial charge is 0.306 e. The van der Waals surface area contributed by atoms with Crippen molar-refractivity contribution in [3.8, 4) is 0 Å². The molecule has 0 bridgehead atoms. The normalized spacial score (nSPS) is 12.3. The number of hydrogen-bond acceptors (Lipinski definition) is 6. The molecule has 1 atom stereocenters. The summed E-state index contributed by atoms with van der Waals surface area (Å²) in [6, 6.07) is 0. The predicted molar refractivity (Wildman–Crippen MR) is 104 cm³/mol. The van der Waals surface area contributed by atoms with Crippen molar-refractivity contribution < 1.29 is 4.79 Å². The lowest BCUT2D eigenvalue weighted by Crippen LogP contribution is -2.22. The maximum Gasteiger partial charge on any atom is 0.239 e. The number of unbranched alkanes of at least 4 members (excludes halogenated alkanes) is 4. The first kappa shape index (κ1) is 19.9. The Balaban J connectivity index is 1.89. The van der Waals surface area contributed by atoms with E-state index in [1.807, 2.05) is 12.3 Å². The average molecular weight is 382 g/mol. The SMILES string of the molecule is CCCCCCCc1nnc(S[C@H](C)C(=O)Nc2nccs2)n1CC. The van der Waals surface area contributed by atoms with E-state index in [1.54, 1.807) is 6.20 Å². The van der Waals surface area contributed by atoms with Gasteiger partial charge in [0.2, 0.25) is 5.91 Å². The Morgan fingerprint density at radius 1 is 1.28 bits per heavy atom. The Kier molecular flexibility index (Phi) is 8.40. The number of hydrogen-bond donors (Lipinski definition) is 1. The summed E-state index contributed by atoms with van der Waals surface area (Å²) in [4.78, 5) is 16.4. The zero-order valence-corrected chi connectivity index (χ0v) is 16.8. The molecule has 0 saturated heterocycles. The van der Waals surface area contributed by atoms with E-state index in [2.05, 4.69) is 38.9 Å². The van der Waals surface area contributed by atoms with Gasteiger partial charge in [-0.15, -0.1) is 21.5 Å². The molecule has 2 heterocycles. The molecule has 0 unspecified atom stereocenters. The van der Waals surface area contributed by atoms with Crippen LogP contribution in [0.4, 0.5) is 5.13 Å². The number of nitrogens with zero attached hydrogens (tertiary/aromatic N) is 4. The Bertz CT molecular complexity index is 642. The molecule has 0 radical (unpaired) electrons. The van der Waals surface area contributed by atoms with Crippen molar-refractivity contribution in [1.29, 1.82) is 0 Å². The second-order valence-corrected chi connectivity index (χ2v) is 8.10. The number of carbonyl (C=O) groups is 1. The molecule has 0 aromatic carbocycles. The summed E-state index contributed by atoms with van der Waals surface area (Å²) < 4.78 is 2.12. The van der Waals surface area contributed by atoms with Crippen molar-refractivity contribution in [2.75, 3.05) is 5.32 Å². The van der Waals surface area contributed by atoms with Crippen LogP contribution < -0.4 is 5.32 Å². The van der Waals surface area contributed by atoms with Crippen LogP contribution in [0.15, 0.2) is 16.7 Å². The number of aromatic nitrogens is 4. The van der Waals surface area contributed by atoms with Gasteiger partial charge in [0.15, 0.2) is 10.3 Å². The third-order valence-corrected chi connectivity index (χ3v) is 5.70. The molecular formula is C17H27N5OS2. The van der Waals surface area contributed by atoms with E-state index >= 15 is 0 Å². The number of aryl methyl sites for hydroxylation is 1. The highest BCUT2D eigenvalue weighted by Crippen LogP contribution is 2.24. The van der Waals surface area contributed by atoms with Crippen molar-refractivity contribution in [2.45, 2.75) is 76.2 Å². The predicted octanol–water partition coefficient (Wildman–Crippen LogP) is 4.39. The molecule has 138 valence electrons. The lowest BCUT2D eigenvalue weighted by molar-refractivity contribution is -0.115. The fourth-order valence-corrected chi connectivity index (χ4v) is 3.96. The summed E-state index contributed by atoms with van der Waals surface area (Å²) in [6.45, 7) is 7.02. The summed E-state index contributed by atoms with van der Waals surface area (Å²) in [5.41, 5.74) is 0. The first-order chi connectivity index (χ1) is 12.2. The number of amides is 1. The lowest BCUT2D eigenvalue weighted by Gasteiger charge is -2.11. The summed E-state index contributed by atoms with van der Waals surface area (Å²) in [7, 11) is 0. The molecule has 2 aromatic heterocycles. The summed E-state index contributed by atoms with van der Waals surface area (Å²) >= 11 is 2.86. The Morgan fingerprint density at radius 3 is 2.76 bits per heavy atom. The van der Waals surface area contributed by atoms with Crippen molar-refractivity contribution in [3.63, 3.8) is 0 Å². The van der Waals surface area contributed by atoms with Crippen LogP contribution in [-0.4, -0.2) is 30.9 Å². The van der Waals surface area contributed by atoms with E-state index in [1.165, 1.54) is 48.8 Å². The second kappa shape index (κ2) is 10.6. The van der Waals surface area contributed by atoms with Crippen LogP contribution >= 0.6 is 23.1 Å². The molecule has 8 heteroatoms. The molecule has 0 spiro atoms. The van der Waals surface area contributed by atoms with E-state index in [9.17, 15) is 4.79 Å². The molecule has 0 saturated carbocycles. The molecule has 0 fully saturated rings. The first-order valence-electron chi connectivity index (χ1n) is 8.94. The Morgan fingerprint density at radius 2 is 2.08 bits per heavy atom. The number of carbonyl (C=O) groups excluding carboxylic acids is 1. The molecule has 6 nitrogen and oxygen atoms in total. The quantitative estimate of drug-likeness (QED) is 0.462. The number of rotatable bonds is 11. The third kappa shape index (κ3) is 6.11. The standard InChI is InChI=1S/C17H27N5OS2/c1-4-6-7-8-9-10-14-20-21-17(22(14)5-2)25-13(3)15(23)19-16-18-11-12-24-16/h11-13H,4-10H2,1-3H3,(H,18,19,23)/t13-/m1/s1. The summed E-state index contributed by atoms with van der Waals surface area (Å²) in [5.74, 6) is 0.959. The van der Waals surface area contributed by atoms with Gasteiger partial charge in [-0.25, -0.2) is 4.98 Å². The van der Waals surface area contributed by atoms with Gasteiger partial charge in [0.05, 0.1) is 5.25 Å². The molecule has 1 amide bonds. The van der Waals surface area contributed by atoms with Gasteiger partial charge in [-0.3, -0.25) is 4.79 Å². The number of thiazole rings is 1. The molecule has 0 aliphatic rings. The highest BCUT2D eigenvalue weighted by molar-refractivity contribution is 8.00. The summed E-state index contributed by atoms with van der Waals surface area (Å²) in [6.07, 6.45) is 8.85. The van der Waals surface area contributed by atoms with E-state index in [0.717, 1.165) is 30.4 Å². The highest BCUT2D eigenvalue weighted by atomic mass is 32.2. The molecule has 2 aromatic rings. The highest BCUT2D eigenvalue weighted by Gasteiger charge is 2.20. The second-order valence-electron chi connectivity index (χ2n) is 5.89. The number of thioether (sulfide) groups is 1. The molecule has 1 N–H and O–H groups in total. The molecule has 25 heavy (non-hydrogen) atoms. The zero-order valence-electron chi connectivity index (χ0n) is 15.2. The van der Waals surface area contributed by atoms with E-state index < -0.39 is 0 Å². The van der Waals surface area contributed by atoms with E-state index in [0.29, 0.717) is 5.13 Å². The fourth-order valence-electron chi connectivity index (χ4n) is 2.50. The Hall–Kier alpha value is -1.41. The third-order valence-electron chi connectivity index (χ3n) is 3.93. The minimum atomic E-state index is -0.254. The molecule has 0 aliphatic heterocycles. The minimum absolute atomic E-state index is 0.0632. The first-order valence-corrected chi connectivity index (χ1v) is 10.7. The average Bonchev–Trinajstić information content (AvgIpc) is 3.24. The number of nitrogens with one attached hydrogen (secondary N) is 1. The zero-order chi connectivity index (χ0) is 18.1. The maximum atomic E-state index is 12.3. The van der Waals surface area contributed by atoms with Gasteiger partial charge >= 0.3 is 0 Å². The van der Waals surface area contributed by atoms with Crippen LogP contribution in [0.3, 0.4) is 0 Å². The maximum absolute atomic E-state index is 12.3. The van der Waals surface area contributed by atoms with Gasteiger partial charge in [-0.1, -0.05) is 44.4 Å². The van der Waals surface area contributed by atoms with Crippen LogP contribution in [-0.2, 0) is 17.8 Å². The monoisotopic (exact) mass is 381 g/mol. The van der Waals surface area contributed by atoms with Crippen LogP contribution in [0.5, 0.6) is 0 Å². The molecular weight excluding hydrogens is 354 g/mol. The van der Waals surface area contributed by atoms with Gasteiger partial charge in [-0.05, 0) is 20.3 Å². The van der Waals surface area contributed by atoms with E-state index in [4.69, 9.17) is 0 Å². The van der Waals surface area contributed by atoms with Gasteiger partial charge in [-0.2, -0.15) is 0 Å². The smallest absolute Gasteiger partial charge is 0.239 e. The van der Waals surface area contributed by atoms with Crippen molar-refractivity contribution in [3.05, 3.63) is 17.4 Å². The molecule has 2 rings (SSSR count). The van der Waals surface area contributed by atoms with Crippen LogP contribution in [0.1, 0.15) is 58.7 Å². The van der Waals surface area contributed by atoms with Crippen molar-refractivity contribution in [2.24, 2.45) is 0 Å². The molecule has 0 aliphatic carbocycles. The summed E-state index contributed by atoms with van der Waals surface area (Å²) in [5, 5.41) is 14.5. The van der Waals surface area contributed by atoms with Gasteiger partial charge < -0.3 is 9.88 Å². The van der Waals surface area contributed by atoms with Crippen LogP contribution in [0.25, 0.3) is 0 Å². The fraction of sp³-hybridized carbons (Fsp3) is 0.647. The van der Waals surface area contributed by atoms with Crippen molar-refractivity contribution in [1.82, 2.24) is 19.7 Å². The van der Waals surface area contributed by atoms with Gasteiger partial charge in [0.25, 0.3) is 0 Å². The van der Waals surface area contributed by atoms with E-state index in [-0.39, 0.29) is 11.2 Å². The van der Waals surface area contributed by atoms with Crippen LogP contribution in [0, 0.1) is 0 Å². The van der Waals surface area contributed by atoms with Crippen molar-refractivity contribution >= 4 is 34.1 Å². The van der Waals surface area contributed by atoms with Gasteiger partial charge in [0.1, 0.15) is 5.82 Å². The minimum Gasteiger partial charge on any atom is -0.306 e. The lowest BCUT2D eigenvalue weighted by atomic mass is 10.1. The topological polar surface area (TPSA) is 72.7 Å².